The van der Waals surface area contributed by atoms with Crippen LogP contribution < -0.4 is 15.8 Å². The Balaban J connectivity index is 1.35. The molecule has 3 aromatic rings. The highest BCUT2D eigenvalue weighted by Crippen LogP contribution is 2.29. The standard InChI is InChI=1S/C26H37N7O3S/c1-17-5-8-21(13-22(17)37(27,35)36)31-25-28-15-19-16-29-33(24(19)32-25)12-11-18-6-9-20(10-7-18)30-23(34)14-26(2,3)4/h5,8,13,15-16,18,20H,6-7,9-12,14H2,1-4H3,(H,30,34)(H2,27,35,36)(H,28,31,32). The molecule has 1 fully saturated rings. The van der Waals surface area contributed by atoms with Crippen LogP contribution in [-0.2, 0) is 21.4 Å². The van der Waals surface area contributed by atoms with Gasteiger partial charge in [0.25, 0.3) is 0 Å². The Morgan fingerprint density at radius 3 is 2.57 bits per heavy atom. The summed E-state index contributed by atoms with van der Waals surface area (Å²) in [6, 6.07) is 5.21. The molecule has 0 atom stereocenters. The van der Waals surface area contributed by atoms with Gasteiger partial charge in [0.05, 0.1) is 16.5 Å². The molecule has 2 aromatic heterocycles. The van der Waals surface area contributed by atoms with Crippen molar-refractivity contribution < 1.29 is 13.2 Å². The molecular weight excluding hydrogens is 490 g/mol. The number of carbonyl (C=O) groups is 1. The lowest BCUT2D eigenvalue weighted by atomic mass is 9.83. The second-order valence-electron chi connectivity index (χ2n) is 11.3. The van der Waals surface area contributed by atoms with Crippen LogP contribution in [0.1, 0.15) is 64.9 Å². The maximum Gasteiger partial charge on any atom is 0.238 e. The predicted octanol–water partition coefficient (Wildman–Crippen LogP) is 4.03. The molecule has 4 rings (SSSR count). The summed E-state index contributed by atoms with van der Waals surface area (Å²) in [5.74, 6) is 1.08. The van der Waals surface area contributed by atoms with Gasteiger partial charge in [-0.25, -0.2) is 23.2 Å². The molecule has 10 nitrogen and oxygen atoms in total. The number of carbonyl (C=O) groups excluding carboxylic acids is 1. The van der Waals surface area contributed by atoms with Gasteiger partial charge in [0.1, 0.15) is 0 Å². The average molecular weight is 528 g/mol. The number of amides is 1. The van der Waals surface area contributed by atoms with Crippen molar-refractivity contribution in [2.75, 3.05) is 5.32 Å². The summed E-state index contributed by atoms with van der Waals surface area (Å²) in [5.41, 5.74) is 1.83. The van der Waals surface area contributed by atoms with Gasteiger partial charge in [-0.05, 0) is 68.1 Å². The van der Waals surface area contributed by atoms with E-state index in [1.165, 1.54) is 6.07 Å². The fraction of sp³-hybridized carbons (Fsp3) is 0.538. The first-order chi connectivity index (χ1) is 17.4. The van der Waals surface area contributed by atoms with E-state index in [2.05, 4.69) is 46.5 Å². The number of hydrogen-bond donors (Lipinski definition) is 3. The van der Waals surface area contributed by atoms with Crippen molar-refractivity contribution in [1.82, 2.24) is 25.1 Å². The molecular formula is C26H37N7O3S. The lowest BCUT2D eigenvalue weighted by molar-refractivity contribution is -0.123. The third-order valence-electron chi connectivity index (χ3n) is 6.78. The second-order valence-corrected chi connectivity index (χ2v) is 12.8. The number of anilines is 2. The number of sulfonamides is 1. The van der Waals surface area contributed by atoms with Crippen LogP contribution in [0.15, 0.2) is 35.5 Å². The fourth-order valence-corrected chi connectivity index (χ4v) is 5.67. The molecule has 11 heteroatoms. The van der Waals surface area contributed by atoms with E-state index in [0.717, 1.165) is 49.7 Å². The van der Waals surface area contributed by atoms with E-state index in [9.17, 15) is 13.2 Å². The van der Waals surface area contributed by atoms with E-state index in [4.69, 9.17) is 5.14 Å². The Kier molecular flexibility index (Phi) is 7.84. The molecule has 0 radical (unpaired) electrons. The van der Waals surface area contributed by atoms with Gasteiger partial charge < -0.3 is 10.6 Å². The van der Waals surface area contributed by atoms with E-state index in [0.29, 0.717) is 29.5 Å². The number of nitrogens with two attached hydrogens (primary N) is 1. The lowest BCUT2D eigenvalue weighted by Gasteiger charge is -2.30. The number of aryl methyl sites for hydroxylation is 2. The van der Waals surface area contributed by atoms with Crippen LogP contribution in [0, 0.1) is 18.3 Å². The largest absolute Gasteiger partial charge is 0.353 e. The zero-order valence-electron chi connectivity index (χ0n) is 22.0. The van der Waals surface area contributed by atoms with E-state index in [1.807, 2.05) is 4.68 Å². The summed E-state index contributed by atoms with van der Waals surface area (Å²) in [5, 5.41) is 17.0. The lowest BCUT2D eigenvalue weighted by Crippen LogP contribution is -2.39. The number of aromatic nitrogens is 4. The zero-order valence-corrected chi connectivity index (χ0v) is 22.8. The summed E-state index contributed by atoms with van der Waals surface area (Å²) in [7, 11) is -3.83. The maximum absolute atomic E-state index is 12.3. The Hall–Kier alpha value is -3.05. The average Bonchev–Trinajstić information content (AvgIpc) is 3.20. The van der Waals surface area contributed by atoms with Crippen LogP contribution >= 0.6 is 0 Å². The minimum absolute atomic E-state index is 0.000951. The molecule has 2 heterocycles. The van der Waals surface area contributed by atoms with Crippen LogP contribution in [0.3, 0.4) is 0 Å². The molecule has 4 N–H and O–H groups in total. The van der Waals surface area contributed by atoms with E-state index < -0.39 is 10.0 Å². The van der Waals surface area contributed by atoms with Crippen molar-refractivity contribution in [2.24, 2.45) is 16.5 Å². The van der Waals surface area contributed by atoms with E-state index >= 15 is 0 Å². The summed E-state index contributed by atoms with van der Waals surface area (Å²) in [6.45, 7) is 8.68. The van der Waals surface area contributed by atoms with Gasteiger partial charge >= 0.3 is 0 Å². The van der Waals surface area contributed by atoms with E-state index in [-0.39, 0.29) is 22.3 Å². The minimum Gasteiger partial charge on any atom is -0.353 e. The molecule has 0 saturated heterocycles. The SMILES string of the molecule is Cc1ccc(Nc2ncc3cnn(CCC4CCC(NC(=O)CC(C)(C)C)CC4)c3n2)cc1S(N)(=O)=O. The van der Waals surface area contributed by atoms with Gasteiger partial charge in [-0.2, -0.15) is 10.1 Å². The van der Waals surface area contributed by atoms with Crippen molar-refractivity contribution in [3.63, 3.8) is 0 Å². The highest BCUT2D eigenvalue weighted by atomic mass is 32.2. The fourth-order valence-electron chi connectivity index (χ4n) is 4.86. The van der Waals surface area contributed by atoms with Crippen LogP contribution in [0.4, 0.5) is 11.6 Å². The van der Waals surface area contributed by atoms with Gasteiger partial charge in [0.15, 0.2) is 5.65 Å². The summed E-state index contributed by atoms with van der Waals surface area (Å²) in [4.78, 5) is 21.3. The predicted molar refractivity (Wildman–Crippen MR) is 144 cm³/mol. The van der Waals surface area contributed by atoms with Crippen LogP contribution in [0.25, 0.3) is 11.0 Å². The first-order valence-corrected chi connectivity index (χ1v) is 14.3. The molecule has 1 saturated carbocycles. The number of fused-ring (bicyclic) bond motifs is 1. The minimum atomic E-state index is -3.83. The number of nitrogens with zero attached hydrogens (tertiary/aromatic N) is 4. The number of nitrogens with one attached hydrogen (secondary N) is 2. The quantitative estimate of drug-likeness (QED) is 0.401. The van der Waals surface area contributed by atoms with Gasteiger partial charge in [-0.1, -0.05) is 26.8 Å². The van der Waals surface area contributed by atoms with Crippen LogP contribution in [0.5, 0.6) is 0 Å². The van der Waals surface area contributed by atoms with Gasteiger partial charge in [0, 0.05) is 30.9 Å². The topological polar surface area (TPSA) is 145 Å². The third kappa shape index (κ3) is 7.26. The van der Waals surface area contributed by atoms with Crippen molar-refractivity contribution >= 4 is 38.6 Å². The monoisotopic (exact) mass is 527 g/mol. The molecule has 0 spiro atoms. The van der Waals surface area contributed by atoms with Crippen LogP contribution in [-0.4, -0.2) is 40.1 Å². The number of hydrogen-bond acceptors (Lipinski definition) is 7. The first kappa shape index (κ1) is 27.0. The Bertz CT molecular complexity index is 1370. The Morgan fingerprint density at radius 1 is 1.16 bits per heavy atom. The third-order valence-corrected chi connectivity index (χ3v) is 7.83. The molecule has 0 bridgehead atoms. The number of benzene rings is 1. The molecule has 200 valence electrons. The van der Waals surface area contributed by atoms with Gasteiger partial charge in [-0.15, -0.1) is 0 Å². The normalized spacial score (nSPS) is 18.6. The zero-order chi connectivity index (χ0) is 26.8. The highest BCUT2D eigenvalue weighted by molar-refractivity contribution is 7.89. The second kappa shape index (κ2) is 10.7. The number of primary sulfonamides is 1. The maximum atomic E-state index is 12.3. The molecule has 1 amide bonds. The molecule has 0 aliphatic heterocycles. The number of rotatable bonds is 8. The van der Waals surface area contributed by atoms with Crippen molar-refractivity contribution in [2.45, 2.75) is 83.7 Å². The first-order valence-electron chi connectivity index (χ1n) is 12.8. The van der Waals surface area contributed by atoms with Crippen molar-refractivity contribution in [3.8, 4) is 0 Å². The Morgan fingerprint density at radius 2 is 1.89 bits per heavy atom. The summed E-state index contributed by atoms with van der Waals surface area (Å²) in [6.07, 6.45) is 9.18. The summed E-state index contributed by atoms with van der Waals surface area (Å²) < 4.78 is 25.6. The van der Waals surface area contributed by atoms with Crippen molar-refractivity contribution in [3.05, 3.63) is 36.2 Å². The van der Waals surface area contributed by atoms with Gasteiger partial charge in [-0.3, -0.25) is 4.79 Å². The van der Waals surface area contributed by atoms with E-state index in [1.54, 1.807) is 31.5 Å². The Labute approximate surface area is 218 Å². The molecule has 1 aromatic carbocycles. The summed E-state index contributed by atoms with van der Waals surface area (Å²) >= 11 is 0. The van der Waals surface area contributed by atoms with Crippen LogP contribution in [0.2, 0.25) is 0 Å². The van der Waals surface area contributed by atoms with Crippen molar-refractivity contribution in [1.29, 1.82) is 0 Å². The molecule has 1 aliphatic carbocycles. The molecule has 37 heavy (non-hydrogen) atoms. The molecule has 0 unspecified atom stereocenters. The van der Waals surface area contributed by atoms with Gasteiger partial charge in [0.2, 0.25) is 21.9 Å². The smallest absolute Gasteiger partial charge is 0.238 e. The highest BCUT2D eigenvalue weighted by Gasteiger charge is 2.24. The molecule has 1 aliphatic rings.